The highest BCUT2D eigenvalue weighted by Crippen LogP contribution is 2.36. The van der Waals surface area contributed by atoms with Gasteiger partial charge in [0.25, 0.3) is 5.91 Å². The zero-order chi connectivity index (χ0) is 13.3. The standard InChI is InChI=1S/C14H20N2O2/c1-14(2,3)12-11(18-9-5-6-9)10(7-8-16-12)13(17)15-4/h7-9H,5-6H2,1-4H3,(H,15,17). The number of hydrogen-bond acceptors (Lipinski definition) is 3. The van der Waals surface area contributed by atoms with Crippen LogP contribution in [0.5, 0.6) is 5.75 Å². The molecule has 4 heteroatoms. The van der Waals surface area contributed by atoms with E-state index in [2.05, 4.69) is 31.1 Å². The van der Waals surface area contributed by atoms with Crippen molar-refractivity contribution >= 4 is 5.91 Å². The Morgan fingerprint density at radius 3 is 2.61 bits per heavy atom. The minimum absolute atomic E-state index is 0.126. The van der Waals surface area contributed by atoms with Crippen molar-refractivity contribution in [1.82, 2.24) is 10.3 Å². The molecule has 0 bridgehead atoms. The molecule has 1 heterocycles. The van der Waals surface area contributed by atoms with Crippen molar-refractivity contribution in [3.05, 3.63) is 23.5 Å². The zero-order valence-corrected chi connectivity index (χ0v) is 11.4. The summed E-state index contributed by atoms with van der Waals surface area (Å²) in [5.74, 6) is 0.519. The fraction of sp³-hybridized carbons (Fsp3) is 0.571. The number of aromatic nitrogens is 1. The van der Waals surface area contributed by atoms with E-state index >= 15 is 0 Å². The highest BCUT2D eigenvalue weighted by Gasteiger charge is 2.31. The van der Waals surface area contributed by atoms with Crippen LogP contribution < -0.4 is 10.1 Å². The average Bonchev–Trinajstić information content (AvgIpc) is 3.11. The van der Waals surface area contributed by atoms with E-state index in [0.717, 1.165) is 18.5 Å². The van der Waals surface area contributed by atoms with Crippen LogP contribution in [0.1, 0.15) is 49.7 Å². The van der Waals surface area contributed by atoms with Crippen LogP contribution in [0.3, 0.4) is 0 Å². The molecule has 1 fully saturated rings. The fourth-order valence-corrected chi connectivity index (χ4v) is 1.77. The van der Waals surface area contributed by atoms with Crippen molar-refractivity contribution in [3.63, 3.8) is 0 Å². The number of amides is 1. The molecule has 18 heavy (non-hydrogen) atoms. The lowest BCUT2D eigenvalue weighted by atomic mass is 9.89. The number of ether oxygens (including phenoxy) is 1. The highest BCUT2D eigenvalue weighted by atomic mass is 16.5. The number of nitrogens with one attached hydrogen (secondary N) is 1. The predicted octanol–water partition coefficient (Wildman–Crippen LogP) is 2.28. The molecule has 1 amide bonds. The van der Waals surface area contributed by atoms with Crippen molar-refractivity contribution < 1.29 is 9.53 Å². The molecule has 4 nitrogen and oxygen atoms in total. The van der Waals surface area contributed by atoms with Crippen molar-refractivity contribution in [3.8, 4) is 5.75 Å². The first kappa shape index (κ1) is 12.9. The van der Waals surface area contributed by atoms with E-state index in [1.807, 2.05) is 0 Å². The van der Waals surface area contributed by atoms with E-state index in [0.29, 0.717) is 11.3 Å². The van der Waals surface area contributed by atoms with Crippen LogP contribution in [0.4, 0.5) is 0 Å². The van der Waals surface area contributed by atoms with Crippen molar-refractivity contribution in [2.45, 2.75) is 45.1 Å². The molecule has 0 saturated heterocycles. The third-order valence-corrected chi connectivity index (χ3v) is 2.90. The molecule has 1 aromatic rings. The van der Waals surface area contributed by atoms with Gasteiger partial charge < -0.3 is 10.1 Å². The van der Waals surface area contributed by atoms with E-state index in [9.17, 15) is 4.79 Å². The number of carbonyl (C=O) groups excluding carboxylic acids is 1. The van der Waals surface area contributed by atoms with Crippen LogP contribution in [0.15, 0.2) is 12.3 Å². The molecule has 0 spiro atoms. The van der Waals surface area contributed by atoms with Crippen LogP contribution >= 0.6 is 0 Å². The van der Waals surface area contributed by atoms with Gasteiger partial charge in [0.15, 0.2) is 5.75 Å². The molecule has 0 aromatic carbocycles. The fourth-order valence-electron chi connectivity index (χ4n) is 1.77. The first-order valence-corrected chi connectivity index (χ1v) is 6.31. The molecule has 1 aliphatic rings. The Morgan fingerprint density at radius 1 is 1.44 bits per heavy atom. The summed E-state index contributed by atoms with van der Waals surface area (Å²) in [6.07, 6.45) is 4.04. The maximum atomic E-state index is 11.9. The Balaban J connectivity index is 2.48. The van der Waals surface area contributed by atoms with Crippen molar-refractivity contribution in [2.24, 2.45) is 0 Å². The van der Waals surface area contributed by atoms with Gasteiger partial charge >= 0.3 is 0 Å². The maximum Gasteiger partial charge on any atom is 0.254 e. The second-order valence-corrected chi connectivity index (χ2v) is 5.68. The minimum atomic E-state index is -0.145. The molecule has 2 rings (SSSR count). The number of rotatable bonds is 3. The Bertz CT molecular complexity index is 459. The quantitative estimate of drug-likeness (QED) is 0.892. The lowest BCUT2D eigenvalue weighted by Crippen LogP contribution is -2.23. The summed E-state index contributed by atoms with van der Waals surface area (Å²) in [4.78, 5) is 16.3. The molecule has 1 aromatic heterocycles. The van der Waals surface area contributed by atoms with Crippen LogP contribution in [-0.2, 0) is 5.41 Å². The van der Waals surface area contributed by atoms with Gasteiger partial charge in [0.2, 0.25) is 0 Å². The SMILES string of the molecule is CNC(=O)c1ccnc(C(C)(C)C)c1OC1CC1. The van der Waals surface area contributed by atoms with Crippen molar-refractivity contribution in [2.75, 3.05) is 7.05 Å². The number of nitrogens with zero attached hydrogens (tertiary/aromatic N) is 1. The predicted molar refractivity (Wildman–Crippen MR) is 70.0 cm³/mol. The van der Waals surface area contributed by atoms with Crippen LogP contribution in [0.25, 0.3) is 0 Å². The number of hydrogen-bond donors (Lipinski definition) is 1. The second-order valence-electron chi connectivity index (χ2n) is 5.68. The van der Waals surface area contributed by atoms with Gasteiger partial charge in [-0.15, -0.1) is 0 Å². The largest absolute Gasteiger partial charge is 0.488 e. The smallest absolute Gasteiger partial charge is 0.254 e. The normalized spacial score (nSPS) is 15.3. The monoisotopic (exact) mass is 248 g/mol. The summed E-state index contributed by atoms with van der Waals surface area (Å²) in [7, 11) is 1.63. The van der Waals surface area contributed by atoms with E-state index in [1.54, 1.807) is 19.3 Å². The van der Waals surface area contributed by atoms with Gasteiger partial charge in [-0.3, -0.25) is 9.78 Å². The van der Waals surface area contributed by atoms with Gasteiger partial charge in [0, 0.05) is 18.7 Å². The molecule has 1 saturated carbocycles. The molecule has 1 aliphatic carbocycles. The van der Waals surface area contributed by atoms with Gasteiger partial charge in [0.1, 0.15) is 0 Å². The molecular weight excluding hydrogens is 228 g/mol. The molecule has 0 atom stereocenters. The molecule has 0 unspecified atom stereocenters. The topological polar surface area (TPSA) is 51.2 Å². The summed E-state index contributed by atoms with van der Waals surface area (Å²) in [5, 5.41) is 2.65. The molecule has 0 aliphatic heterocycles. The molecular formula is C14H20N2O2. The van der Waals surface area contributed by atoms with Gasteiger partial charge in [-0.1, -0.05) is 20.8 Å². The number of carbonyl (C=O) groups is 1. The third-order valence-electron chi connectivity index (χ3n) is 2.90. The van der Waals surface area contributed by atoms with Crippen LogP contribution in [0.2, 0.25) is 0 Å². The Hall–Kier alpha value is -1.58. The minimum Gasteiger partial charge on any atom is -0.488 e. The van der Waals surface area contributed by atoms with E-state index in [-0.39, 0.29) is 17.4 Å². The molecule has 1 N–H and O–H groups in total. The first-order chi connectivity index (χ1) is 8.43. The zero-order valence-electron chi connectivity index (χ0n) is 11.4. The van der Waals surface area contributed by atoms with Gasteiger partial charge in [-0.2, -0.15) is 0 Å². The van der Waals surface area contributed by atoms with Crippen LogP contribution in [-0.4, -0.2) is 24.0 Å². The summed E-state index contributed by atoms with van der Waals surface area (Å²) in [6, 6.07) is 1.71. The summed E-state index contributed by atoms with van der Waals surface area (Å²) in [5.41, 5.74) is 1.27. The highest BCUT2D eigenvalue weighted by molar-refractivity contribution is 5.97. The van der Waals surface area contributed by atoms with Gasteiger partial charge in [-0.05, 0) is 18.9 Å². The average molecular weight is 248 g/mol. The Morgan fingerprint density at radius 2 is 2.11 bits per heavy atom. The Kier molecular flexibility index (Phi) is 3.28. The van der Waals surface area contributed by atoms with Gasteiger partial charge in [-0.25, -0.2) is 0 Å². The van der Waals surface area contributed by atoms with Crippen LogP contribution in [0, 0.1) is 0 Å². The summed E-state index contributed by atoms with van der Waals surface area (Å²) >= 11 is 0. The lowest BCUT2D eigenvalue weighted by Gasteiger charge is -2.23. The van der Waals surface area contributed by atoms with Crippen molar-refractivity contribution in [1.29, 1.82) is 0 Å². The third kappa shape index (κ3) is 2.63. The van der Waals surface area contributed by atoms with E-state index in [1.165, 1.54) is 0 Å². The summed E-state index contributed by atoms with van der Waals surface area (Å²) in [6.45, 7) is 6.22. The maximum absolute atomic E-state index is 11.9. The number of pyridine rings is 1. The lowest BCUT2D eigenvalue weighted by molar-refractivity contribution is 0.0958. The van der Waals surface area contributed by atoms with E-state index < -0.39 is 0 Å². The van der Waals surface area contributed by atoms with E-state index in [4.69, 9.17) is 4.74 Å². The van der Waals surface area contributed by atoms with Gasteiger partial charge in [0.05, 0.1) is 17.4 Å². The Labute approximate surface area is 108 Å². The second kappa shape index (κ2) is 4.59. The summed E-state index contributed by atoms with van der Waals surface area (Å²) < 4.78 is 5.91. The molecule has 98 valence electrons. The molecule has 0 radical (unpaired) electrons. The first-order valence-electron chi connectivity index (χ1n) is 6.31.